The van der Waals surface area contributed by atoms with Gasteiger partial charge in [-0.1, -0.05) is 24.6 Å². The highest BCUT2D eigenvalue weighted by Crippen LogP contribution is 2.25. The molecule has 0 aromatic heterocycles. The minimum atomic E-state index is 0.749. The largest absolute Gasteiger partial charge is 0.380 e. The Morgan fingerprint density at radius 2 is 2.05 bits per heavy atom. The van der Waals surface area contributed by atoms with Crippen LogP contribution in [0.2, 0.25) is 5.02 Å². The number of nitrogens with one attached hydrogen (secondary N) is 1. The predicted octanol–water partition coefficient (Wildman–Crippen LogP) is 3.70. The summed E-state index contributed by atoms with van der Waals surface area (Å²) in [4.78, 5) is 2.32. The minimum absolute atomic E-state index is 0.749. The van der Waals surface area contributed by atoms with Crippen molar-refractivity contribution in [1.82, 2.24) is 5.32 Å². The summed E-state index contributed by atoms with van der Waals surface area (Å²) in [5.41, 5.74) is 2.50. The quantitative estimate of drug-likeness (QED) is 0.667. The molecule has 20 heavy (non-hydrogen) atoms. The maximum atomic E-state index is 6.16. The third kappa shape index (κ3) is 5.70. The fourth-order valence-electron chi connectivity index (χ4n) is 2.15. The van der Waals surface area contributed by atoms with E-state index in [2.05, 4.69) is 36.2 Å². The summed E-state index contributed by atoms with van der Waals surface area (Å²) in [6, 6.07) is 6.13. The molecule has 0 amide bonds. The summed E-state index contributed by atoms with van der Waals surface area (Å²) in [6.45, 7) is 11.6. The van der Waals surface area contributed by atoms with Crippen molar-refractivity contribution in [2.24, 2.45) is 0 Å². The second-order valence-electron chi connectivity index (χ2n) is 4.73. The molecule has 1 rings (SSSR count). The highest BCUT2D eigenvalue weighted by molar-refractivity contribution is 6.30. The molecule has 0 saturated carbocycles. The Morgan fingerprint density at radius 1 is 1.25 bits per heavy atom. The molecule has 4 heteroatoms. The Morgan fingerprint density at radius 3 is 2.70 bits per heavy atom. The summed E-state index contributed by atoms with van der Waals surface area (Å²) >= 11 is 6.16. The first-order valence-corrected chi connectivity index (χ1v) is 7.92. The fraction of sp³-hybridized carbons (Fsp3) is 0.625. The van der Waals surface area contributed by atoms with Gasteiger partial charge in [-0.2, -0.15) is 0 Å². The number of ether oxygens (including phenoxy) is 1. The zero-order valence-electron chi connectivity index (χ0n) is 12.9. The number of anilines is 1. The van der Waals surface area contributed by atoms with E-state index in [4.69, 9.17) is 16.3 Å². The highest BCUT2D eigenvalue weighted by atomic mass is 35.5. The zero-order valence-corrected chi connectivity index (χ0v) is 13.7. The Kier molecular flexibility index (Phi) is 8.67. The molecule has 114 valence electrons. The molecule has 1 aromatic carbocycles. The van der Waals surface area contributed by atoms with Crippen LogP contribution in [0.15, 0.2) is 18.2 Å². The van der Waals surface area contributed by atoms with Crippen LogP contribution in [-0.4, -0.2) is 32.8 Å². The van der Waals surface area contributed by atoms with Crippen molar-refractivity contribution in [2.45, 2.75) is 33.7 Å². The van der Waals surface area contributed by atoms with E-state index < -0.39 is 0 Å². The van der Waals surface area contributed by atoms with Crippen LogP contribution in [0.4, 0.5) is 5.69 Å². The molecule has 0 heterocycles. The van der Waals surface area contributed by atoms with Gasteiger partial charge in [0.15, 0.2) is 0 Å². The second kappa shape index (κ2) is 10.0. The molecule has 0 radical (unpaired) electrons. The van der Waals surface area contributed by atoms with Crippen LogP contribution in [0.25, 0.3) is 0 Å². The zero-order chi connectivity index (χ0) is 14.8. The number of hydrogen-bond donors (Lipinski definition) is 1. The van der Waals surface area contributed by atoms with Gasteiger partial charge in [-0.05, 0) is 44.5 Å². The Labute approximate surface area is 128 Å². The molecule has 0 atom stereocenters. The summed E-state index contributed by atoms with van der Waals surface area (Å²) in [5, 5.41) is 4.24. The molecular weight excluding hydrogens is 272 g/mol. The smallest absolute Gasteiger partial charge is 0.0641 e. The first kappa shape index (κ1) is 17.3. The summed E-state index contributed by atoms with van der Waals surface area (Å²) in [6.07, 6.45) is 1.14. The third-order valence-electron chi connectivity index (χ3n) is 3.22. The summed E-state index contributed by atoms with van der Waals surface area (Å²) in [5.74, 6) is 0. The van der Waals surface area contributed by atoms with Crippen molar-refractivity contribution < 1.29 is 4.74 Å². The van der Waals surface area contributed by atoms with Gasteiger partial charge >= 0.3 is 0 Å². The lowest BCUT2D eigenvalue weighted by Crippen LogP contribution is -2.29. The monoisotopic (exact) mass is 298 g/mol. The maximum absolute atomic E-state index is 6.16. The normalized spacial score (nSPS) is 10.8. The molecule has 0 saturated heterocycles. The molecular formula is C16H27ClN2O. The van der Waals surface area contributed by atoms with Crippen LogP contribution in [0.3, 0.4) is 0 Å². The van der Waals surface area contributed by atoms with Gasteiger partial charge in [-0.3, -0.25) is 0 Å². The molecule has 0 spiro atoms. The van der Waals surface area contributed by atoms with E-state index in [1.54, 1.807) is 0 Å². The van der Waals surface area contributed by atoms with Gasteiger partial charge in [0.2, 0.25) is 0 Å². The molecule has 0 unspecified atom stereocenters. The van der Waals surface area contributed by atoms with Gasteiger partial charge < -0.3 is 15.0 Å². The van der Waals surface area contributed by atoms with Crippen molar-refractivity contribution >= 4 is 17.3 Å². The lowest BCUT2D eigenvalue weighted by atomic mass is 10.1. The van der Waals surface area contributed by atoms with E-state index in [0.717, 1.165) is 50.8 Å². The summed E-state index contributed by atoms with van der Waals surface area (Å²) in [7, 11) is 0. The van der Waals surface area contributed by atoms with Gasteiger partial charge in [0.25, 0.3) is 0 Å². The van der Waals surface area contributed by atoms with Crippen molar-refractivity contribution in [3.05, 3.63) is 28.8 Å². The number of likely N-dealkylation sites (N-methyl/N-ethyl adjacent to an activating group) is 1. The van der Waals surface area contributed by atoms with E-state index >= 15 is 0 Å². The molecule has 0 bridgehead atoms. The van der Waals surface area contributed by atoms with Gasteiger partial charge in [0.05, 0.1) is 6.61 Å². The van der Waals surface area contributed by atoms with Gasteiger partial charge in [-0.25, -0.2) is 0 Å². The Hall–Kier alpha value is -0.770. The van der Waals surface area contributed by atoms with Crippen LogP contribution < -0.4 is 10.2 Å². The number of nitrogens with zero attached hydrogens (tertiary/aromatic N) is 1. The number of hydrogen-bond acceptors (Lipinski definition) is 3. The molecule has 0 fully saturated rings. The van der Waals surface area contributed by atoms with E-state index in [9.17, 15) is 0 Å². The molecule has 1 N–H and O–H groups in total. The van der Waals surface area contributed by atoms with Gasteiger partial charge in [0, 0.05) is 37.0 Å². The lowest BCUT2D eigenvalue weighted by Gasteiger charge is -2.26. The molecule has 0 aliphatic carbocycles. The standard InChI is InChI=1S/C16H27ClN2O/c1-4-9-18-13-14-7-8-15(17)12-16(14)19(5-2)10-11-20-6-3/h7-8,12,18H,4-6,9-11,13H2,1-3H3. The first-order chi connectivity index (χ1) is 9.72. The van der Waals surface area contributed by atoms with E-state index in [1.807, 2.05) is 13.0 Å². The SMILES string of the molecule is CCCNCc1ccc(Cl)cc1N(CC)CCOCC. The molecule has 0 aliphatic rings. The van der Waals surface area contributed by atoms with Gasteiger partial charge in [-0.15, -0.1) is 0 Å². The fourth-order valence-corrected chi connectivity index (χ4v) is 2.32. The molecule has 0 aliphatic heterocycles. The number of benzene rings is 1. The Balaban J connectivity index is 2.79. The van der Waals surface area contributed by atoms with Crippen molar-refractivity contribution in [1.29, 1.82) is 0 Å². The Bertz CT molecular complexity index is 385. The second-order valence-corrected chi connectivity index (χ2v) is 5.16. The van der Waals surface area contributed by atoms with E-state index in [0.29, 0.717) is 0 Å². The van der Waals surface area contributed by atoms with Gasteiger partial charge in [0.1, 0.15) is 0 Å². The molecule has 3 nitrogen and oxygen atoms in total. The third-order valence-corrected chi connectivity index (χ3v) is 3.46. The van der Waals surface area contributed by atoms with E-state index in [-0.39, 0.29) is 0 Å². The average Bonchev–Trinajstić information content (AvgIpc) is 2.45. The molecule has 1 aromatic rings. The van der Waals surface area contributed by atoms with E-state index in [1.165, 1.54) is 11.3 Å². The van der Waals surface area contributed by atoms with Crippen LogP contribution in [0, 0.1) is 0 Å². The topological polar surface area (TPSA) is 24.5 Å². The average molecular weight is 299 g/mol. The van der Waals surface area contributed by atoms with Crippen LogP contribution in [-0.2, 0) is 11.3 Å². The van der Waals surface area contributed by atoms with Crippen molar-refractivity contribution in [3.63, 3.8) is 0 Å². The van der Waals surface area contributed by atoms with Crippen molar-refractivity contribution in [2.75, 3.05) is 37.7 Å². The highest BCUT2D eigenvalue weighted by Gasteiger charge is 2.10. The van der Waals surface area contributed by atoms with Crippen LogP contribution in [0.5, 0.6) is 0 Å². The predicted molar refractivity (Wildman–Crippen MR) is 87.8 cm³/mol. The van der Waals surface area contributed by atoms with Crippen molar-refractivity contribution in [3.8, 4) is 0 Å². The maximum Gasteiger partial charge on any atom is 0.0641 e. The number of rotatable bonds is 10. The minimum Gasteiger partial charge on any atom is -0.380 e. The van der Waals surface area contributed by atoms with Crippen LogP contribution >= 0.6 is 11.6 Å². The first-order valence-electron chi connectivity index (χ1n) is 7.54. The lowest BCUT2D eigenvalue weighted by molar-refractivity contribution is 0.154. The van der Waals surface area contributed by atoms with Crippen LogP contribution in [0.1, 0.15) is 32.8 Å². The number of halogens is 1. The summed E-state index contributed by atoms with van der Waals surface area (Å²) < 4.78 is 5.47.